The van der Waals surface area contributed by atoms with Crippen LogP contribution in [0.4, 0.5) is 26.1 Å². The van der Waals surface area contributed by atoms with Crippen molar-refractivity contribution in [3.05, 3.63) is 46.8 Å². The van der Waals surface area contributed by atoms with Crippen molar-refractivity contribution in [3.63, 3.8) is 0 Å². The van der Waals surface area contributed by atoms with E-state index in [1.165, 1.54) is 17.0 Å². The number of alkyl halides is 2. The lowest BCUT2D eigenvalue weighted by atomic mass is 9.88. The van der Waals surface area contributed by atoms with E-state index in [4.69, 9.17) is 5.73 Å². The number of hydrogen-bond acceptors (Lipinski definition) is 6. The summed E-state index contributed by atoms with van der Waals surface area (Å²) in [5, 5.41) is 5.87. The van der Waals surface area contributed by atoms with Crippen LogP contribution in [0.5, 0.6) is 0 Å². The zero-order valence-corrected chi connectivity index (χ0v) is 14.5. The highest BCUT2D eigenvalue weighted by Crippen LogP contribution is 2.44. The highest BCUT2D eigenvalue weighted by atomic mass is 19.3. The number of nitrogens with one attached hydrogen (secondary N) is 2. The van der Waals surface area contributed by atoms with Gasteiger partial charge in [0.1, 0.15) is 17.3 Å². The average Bonchev–Trinajstić information content (AvgIpc) is 2.60. The number of nitrogens with two attached hydrogens (primary N) is 1. The highest BCUT2D eigenvalue weighted by Gasteiger charge is 2.46. The molecule has 0 atom stereocenters. The summed E-state index contributed by atoms with van der Waals surface area (Å²) < 4.78 is 27.6. The van der Waals surface area contributed by atoms with Crippen LogP contribution in [0.15, 0.2) is 35.4 Å². The summed E-state index contributed by atoms with van der Waals surface area (Å²) in [6.45, 7) is 1.77. The monoisotopic (exact) mass is 362 g/mol. The van der Waals surface area contributed by atoms with E-state index < -0.39 is 12.0 Å². The average molecular weight is 362 g/mol. The summed E-state index contributed by atoms with van der Waals surface area (Å²) in [6.07, 6.45) is 2.28. The zero-order chi connectivity index (χ0) is 18.9. The Bertz CT molecular complexity index is 900. The van der Waals surface area contributed by atoms with E-state index in [0.717, 1.165) is 0 Å². The predicted molar refractivity (Wildman–Crippen MR) is 96.6 cm³/mol. The van der Waals surface area contributed by atoms with Gasteiger partial charge in [-0.1, -0.05) is 0 Å². The zero-order valence-electron chi connectivity index (χ0n) is 14.5. The van der Waals surface area contributed by atoms with E-state index in [9.17, 15) is 13.6 Å². The third-order valence-electron chi connectivity index (χ3n) is 4.28. The predicted octanol–water partition coefficient (Wildman–Crippen LogP) is 2.71. The van der Waals surface area contributed by atoms with Crippen molar-refractivity contribution in [2.45, 2.75) is 31.7 Å². The summed E-state index contributed by atoms with van der Waals surface area (Å²) in [5.41, 5.74) is 6.08. The molecule has 0 radical (unpaired) electrons. The lowest BCUT2D eigenvalue weighted by Crippen LogP contribution is -2.41. The van der Waals surface area contributed by atoms with Gasteiger partial charge in [-0.3, -0.25) is 4.79 Å². The second-order valence-corrected chi connectivity index (χ2v) is 6.24. The molecule has 1 saturated carbocycles. The first kappa shape index (κ1) is 17.8. The number of rotatable bonds is 5. The van der Waals surface area contributed by atoms with Crippen molar-refractivity contribution in [1.29, 1.82) is 0 Å². The number of allylic oxidation sites excluding steroid dienone is 1. The molecule has 0 bridgehead atoms. The molecule has 1 fully saturated rings. The topological polar surface area (TPSA) is 97.9 Å². The van der Waals surface area contributed by atoms with E-state index in [-0.39, 0.29) is 24.1 Å². The molecule has 9 heteroatoms. The molecule has 0 spiro atoms. The van der Waals surface area contributed by atoms with Crippen LogP contribution in [0, 0.1) is 0 Å². The maximum Gasteiger partial charge on any atom is 0.274 e. The van der Waals surface area contributed by atoms with Crippen LogP contribution in [-0.4, -0.2) is 27.5 Å². The van der Waals surface area contributed by atoms with Gasteiger partial charge in [-0.2, -0.15) is 0 Å². The number of nitrogens with zero attached hydrogens (tertiary/aromatic N) is 3. The summed E-state index contributed by atoms with van der Waals surface area (Å²) >= 11 is 0. The Morgan fingerprint density at radius 3 is 2.69 bits per heavy atom. The summed E-state index contributed by atoms with van der Waals surface area (Å²) in [4.78, 5) is 21.2. The van der Waals surface area contributed by atoms with Crippen LogP contribution < -0.4 is 21.9 Å². The van der Waals surface area contributed by atoms with Crippen LogP contribution in [0.3, 0.4) is 0 Å². The maximum absolute atomic E-state index is 13.1. The van der Waals surface area contributed by atoms with Gasteiger partial charge in [-0.15, -0.1) is 0 Å². The van der Waals surface area contributed by atoms with Gasteiger partial charge in [0.05, 0.1) is 0 Å². The molecule has 0 unspecified atom stereocenters. The Hall–Kier alpha value is -2.97. The van der Waals surface area contributed by atoms with Crippen LogP contribution in [0.25, 0.3) is 5.57 Å². The smallest absolute Gasteiger partial charge is 0.274 e. The number of halogens is 2. The molecule has 2 aromatic rings. The third-order valence-corrected chi connectivity index (χ3v) is 4.28. The van der Waals surface area contributed by atoms with Gasteiger partial charge in [0.25, 0.3) is 11.5 Å². The molecule has 138 valence electrons. The van der Waals surface area contributed by atoms with E-state index >= 15 is 0 Å². The fourth-order valence-corrected chi connectivity index (χ4v) is 2.75. The Kier molecular flexibility index (Phi) is 4.62. The van der Waals surface area contributed by atoms with Gasteiger partial charge >= 0.3 is 0 Å². The van der Waals surface area contributed by atoms with Crippen molar-refractivity contribution < 1.29 is 8.78 Å². The summed E-state index contributed by atoms with van der Waals surface area (Å²) in [5.74, 6) is -1.33. The molecule has 1 aliphatic rings. The normalized spacial score (nSPS) is 16.8. The second kappa shape index (κ2) is 6.74. The number of anilines is 3. The van der Waals surface area contributed by atoms with Crippen molar-refractivity contribution in [1.82, 2.24) is 14.5 Å². The Morgan fingerprint density at radius 1 is 1.38 bits per heavy atom. The van der Waals surface area contributed by atoms with E-state index in [1.807, 2.05) is 0 Å². The van der Waals surface area contributed by atoms with E-state index in [1.54, 1.807) is 32.2 Å². The minimum atomic E-state index is -2.69. The molecule has 4 N–H and O–H groups in total. The van der Waals surface area contributed by atoms with Crippen molar-refractivity contribution in [3.8, 4) is 0 Å². The van der Waals surface area contributed by atoms with Gasteiger partial charge < -0.3 is 20.9 Å². The number of aromatic nitrogens is 3. The van der Waals surface area contributed by atoms with Gasteiger partial charge in [0.2, 0.25) is 0 Å². The quantitative estimate of drug-likeness (QED) is 0.757. The SMILES string of the molecule is CNc1cc(Nc2cccn(C3CC(F)(F)C3)c2=O)nc(/C(C)=C\N)n1. The number of pyridine rings is 1. The Morgan fingerprint density at radius 2 is 2.08 bits per heavy atom. The molecule has 7 nitrogen and oxygen atoms in total. The second-order valence-electron chi connectivity index (χ2n) is 6.24. The minimum Gasteiger partial charge on any atom is -0.404 e. The minimum absolute atomic E-state index is 0.254. The first-order valence-corrected chi connectivity index (χ1v) is 8.14. The Balaban J connectivity index is 1.91. The molecule has 3 rings (SSSR count). The van der Waals surface area contributed by atoms with Crippen molar-refractivity contribution in [2.75, 3.05) is 17.7 Å². The maximum atomic E-state index is 13.1. The molecular weight excluding hydrogens is 342 g/mol. The van der Waals surface area contributed by atoms with Gasteiger partial charge in [0, 0.05) is 50.0 Å². The largest absolute Gasteiger partial charge is 0.404 e. The molecule has 1 aliphatic carbocycles. The molecular formula is C17H20F2N6O. The molecule has 0 aromatic carbocycles. The molecule has 26 heavy (non-hydrogen) atoms. The van der Waals surface area contributed by atoms with Crippen molar-refractivity contribution in [2.24, 2.45) is 5.73 Å². The standard InChI is InChI=1S/C17H20F2N6O/c1-10(9-20)15-23-13(21-2)6-14(24-15)22-12-4-3-5-25(16(12)26)11-7-17(18,19)8-11/h3-6,9,11H,7-8,20H2,1-2H3,(H2,21,22,23,24)/b10-9-. The number of hydrogen-bond donors (Lipinski definition) is 3. The molecule has 2 aromatic heterocycles. The molecule has 0 amide bonds. The third kappa shape index (κ3) is 3.51. The first-order valence-electron chi connectivity index (χ1n) is 8.14. The van der Waals surface area contributed by atoms with Crippen molar-refractivity contribution >= 4 is 22.9 Å². The molecule has 0 saturated heterocycles. The van der Waals surface area contributed by atoms with Crippen LogP contribution in [0.1, 0.15) is 31.6 Å². The highest BCUT2D eigenvalue weighted by molar-refractivity contribution is 5.64. The van der Waals surface area contributed by atoms with E-state index in [2.05, 4.69) is 20.6 Å². The molecule has 0 aliphatic heterocycles. The van der Waals surface area contributed by atoms with Crippen LogP contribution >= 0.6 is 0 Å². The molecule has 2 heterocycles. The fourth-order valence-electron chi connectivity index (χ4n) is 2.75. The van der Waals surface area contributed by atoms with Crippen LogP contribution in [0.2, 0.25) is 0 Å². The summed E-state index contributed by atoms with van der Waals surface area (Å²) in [6, 6.07) is 4.38. The lowest BCUT2D eigenvalue weighted by Gasteiger charge is -2.36. The van der Waals surface area contributed by atoms with Gasteiger partial charge in [-0.05, 0) is 19.1 Å². The van der Waals surface area contributed by atoms with Gasteiger partial charge in [0.15, 0.2) is 5.82 Å². The van der Waals surface area contributed by atoms with Crippen LogP contribution in [-0.2, 0) is 0 Å². The van der Waals surface area contributed by atoms with Gasteiger partial charge in [-0.25, -0.2) is 18.7 Å². The first-order chi connectivity index (χ1) is 12.3. The van der Waals surface area contributed by atoms with E-state index in [0.29, 0.717) is 23.0 Å². The summed E-state index contributed by atoms with van der Waals surface area (Å²) in [7, 11) is 1.71. The Labute approximate surface area is 149 Å². The lowest BCUT2D eigenvalue weighted by molar-refractivity contribution is -0.104. The fraction of sp³-hybridized carbons (Fsp3) is 0.353.